The van der Waals surface area contributed by atoms with Gasteiger partial charge in [0.2, 0.25) is 0 Å². The molecular weight excluding hydrogens is 610 g/mol. The Morgan fingerprint density at radius 1 is 0.667 bits per heavy atom. The Bertz CT molecular complexity index is 1020. The predicted molar refractivity (Wildman–Crippen MR) is 134 cm³/mol. The summed E-state index contributed by atoms with van der Waals surface area (Å²) in [6.45, 7) is 0. The van der Waals surface area contributed by atoms with E-state index < -0.39 is 11.9 Å². The SMILES string of the molecule is COC(=O)c1cc(Nc2ccccc2I)c(Nc2ccccc2I)cc1C(=O)OC. The minimum Gasteiger partial charge on any atom is -0.465 e. The molecule has 2 N–H and O–H groups in total. The van der Waals surface area contributed by atoms with E-state index in [1.807, 2.05) is 48.5 Å². The van der Waals surface area contributed by atoms with Crippen molar-refractivity contribution >= 4 is 79.9 Å². The second-order valence-electron chi connectivity index (χ2n) is 6.14. The molecule has 0 amide bonds. The fraction of sp³-hybridized carbons (Fsp3) is 0.0909. The van der Waals surface area contributed by atoms with E-state index in [9.17, 15) is 9.59 Å². The van der Waals surface area contributed by atoms with E-state index in [4.69, 9.17) is 9.47 Å². The maximum atomic E-state index is 12.4. The highest BCUT2D eigenvalue weighted by atomic mass is 127. The number of para-hydroxylation sites is 2. The van der Waals surface area contributed by atoms with Crippen LogP contribution in [0.4, 0.5) is 22.7 Å². The molecule has 0 unspecified atom stereocenters. The van der Waals surface area contributed by atoms with Gasteiger partial charge in [0.15, 0.2) is 0 Å². The number of hydrogen-bond donors (Lipinski definition) is 2. The Labute approximate surface area is 201 Å². The van der Waals surface area contributed by atoms with E-state index in [2.05, 4.69) is 55.8 Å². The molecule has 0 saturated carbocycles. The van der Waals surface area contributed by atoms with Crippen LogP contribution in [0.25, 0.3) is 0 Å². The van der Waals surface area contributed by atoms with E-state index in [1.54, 1.807) is 12.1 Å². The van der Waals surface area contributed by atoms with Crippen molar-refractivity contribution in [3.05, 3.63) is 78.9 Å². The summed E-state index contributed by atoms with van der Waals surface area (Å²) < 4.78 is 11.8. The minimum absolute atomic E-state index is 0.117. The average molecular weight is 628 g/mol. The first-order valence-corrected chi connectivity index (χ1v) is 11.0. The fourth-order valence-electron chi connectivity index (χ4n) is 2.78. The van der Waals surface area contributed by atoms with Gasteiger partial charge >= 0.3 is 11.9 Å². The lowest BCUT2D eigenvalue weighted by Gasteiger charge is -2.18. The van der Waals surface area contributed by atoms with Gasteiger partial charge in [-0.15, -0.1) is 0 Å². The summed E-state index contributed by atoms with van der Waals surface area (Å²) >= 11 is 4.46. The number of anilines is 4. The highest BCUT2D eigenvalue weighted by Crippen LogP contribution is 2.34. The van der Waals surface area contributed by atoms with Gasteiger partial charge in [0.25, 0.3) is 0 Å². The van der Waals surface area contributed by atoms with E-state index in [-0.39, 0.29) is 11.1 Å². The average Bonchev–Trinajstić information content (AvgIpc) is 2.76. The maximum Gasteiger partial charge on any atom is 0.338 e. The molecule has 0 heterocycles. The molecule has 30 heavy (non-hydrogen) atoms. The first-order valence-electron chi connectivity index (χ1n) is 8.82. The third kappa shape index (κ3) is 5.04. The van der Waals surface area contributed by atoms with Crippen LogP contribution in [0, 0.1) is 7.14 Å². The lowest BCUT2D eigenvalue weighted by molar-refractivity contribution is 0.0555. The Morgan fingerprint density at radius 3 is 1.37 bits per heavy atom. The normalized spacial score (nSPS) is 10.3. The summed E-state index contributed by atoms with van der Waals surface area (Å²) in [5.41, 5.74) is 3.20. The molecule has 0 bridgehead atoms. The molecule has 0 fully saturated rings. The lowest BCUT2D eigenvalue weighted by atomic mass is 10.0. The molecule has 8 heteroatoms. The Hall–Kier alpha value is -2.34. The maximum absolute atomic E-state index is 12.4. The van der Waals surface area contributed by atoms with Crippen molar-refractivity contribution in [1.29, 1.82) is 0 Å². The first-order chi connectivity index (χ1) is 14.4. The second kappa shape index (κ2) is 10.1. The van der Waals surface area contributed by atoms with Gasteiger partial charge in [-0.25, -0.2) is 9.59 Å². The number of hydrogen-bond acceptors (Lipinski definition) is 6. The van der Waals surface area contributed by atoms with Gasteiger partial charge in [0.05, 0.1) is 48.1 Å². The van der Waals surface area contributed by atoms with Crippen molar-refractivity contribution in [2.45, 2.75) is 0 Å². The molecule has 0 aliphatic rings. The number of rotatable bonds is 6. The van der Waals surface area contributed by atoms with E-state index in [0.29, 0.717) is 11.4 Å². The molecule has 0 spiro atoms. The van der Waals surface area contributed by atoms with Crippen molar-refractivity contribution in [1.82, 2.24) is 0 Å². The van der Waals surface area contributed by atoms with E-state index in [1.165, 1.54) is 14.2 Å². The second-order valence-corrected chi connectivity index (χ2v) is 8.46. The lowest BCUT2D eigenvalue weighted by Crippen LogP contribution is -2.13. The highest BCUT2D eigenvalue weighted by Gasteiger charge is 2.22. The van der Waals surface area contributed by atoms with Crippen LogP contribution in [0.2, 0.25) is 0 Å². The molecule has 0 aliphatic carbocycles. The quantitative estimate of drug-likeness (QED) is 0.260. The highest BCUT2D eigenvalue weighted by molar-refractivity contribution is 14.1. The standard InChI is InChI=1S/C22H18I2N2O4/c1-29-21(27)13-11-19(25-17-9-5-3-7-15(17)23)20(12-14(13)22(28)30-2)26-18-10-6-4-8-16(18)24/h3-12,25-26H,1-2H3. The molecule has 3 aromatic rings. The van der Waals surface area contributed by atoms with E-state index >= 15 is 0 Å². The van der Waals surface area contributed by atoms with Gasteiger partial charge in [-0.2, -0.15) is 0 Å². The minimum atomic E-state index is -0.623. The van der Waals surface area contributed by atoms with Gasteiger partial charge in [-0.1, -0.05) is 24.3 Å². The van der Waals surface area contributed by atoms with Crippen LogP contribution in [0.15, 0.2) is 60.7 Å². The van der Waals surface area contributed by atoms with Crippen LogP contribution < -0.4 is 10.6 Å². The van der Waals surface area contributed by atoms with Crippen LogP contribution in [0.3, 0.4) is 0 Å². The zero-order valence-electron chi connectivity index (χ0n) is 16.2. The molecule has 0 aliphatic heterocycles. The monoisotopic (exact) mass is 628 g/mol. The number of carbonyl (C=O) groups is 2. The topological polar surface area (TPSA) is 76.7 Å². The summed E-state index contributed by atoms with van der Waals surface area (Å²) in [5, 5.41) is 6.70. The molecule has 0 radical (unpaired) electrons. The molecule has 3 rings (SSSR count). The molecule has 0 aromatic heterocycles. The third-order valence-corrected chi connectivity index (χ3v) is 6.14. The van der Waals surface area contributed by atoms with E-state index in [0.717, 1.165) is 18.5 Å². The number of ether oxygens (including phenoxy) is 2. The molecular formula is C22H18I2N2O4. The summed E-state index contributed by atoms with van der Waals surface area (Å²) in [6.07, 6.45) is 0. The van der Waals surface area contributed by atoms with Crippen molar-refractivity contribution < 1.29 is 19.1 Å². The molecule has 0 saturated heterocycles. The molecule has 3 aromatic carbocycles. The summed E-state index contributed by atoms with van der Waals surface area (Å²) in [7, 11) is 2.55. The van der Waals surface area contributed by atoms with Crippen LogP contribution in [-0.4, -0.2) is 26.2 Å². The van der Waals surface area contributed by atoms with Crippen LogP contribution in [-0.2, 0) is 9.47 Å². The van der Waals surface area contributed by atoms with Crippen molar-refractivity contribution in [3.8, 4) is 0 Å². The Kier molecular flexibility index (Phi) is 7.53. The van der Waals surface area contributed by atoms with Crippen molar-refractivity contribution in [3.63, 3.8) is 0 Å². The number of halogens is 2. The molecule has 6 nitrogen and oxygen atoms in total. The van der Waals surface area contributed by atoms with Crippen molar-refractivity contribution in [2.75, 3.05) is 24.9 Å². The number of benzene rings is 3. The number of carbonyl (C=O) groups excluding carboxylic acids is 2. The van der Waals surface area contributed by atoms with Gasteiger partial charge in [-0.3, -0.25) is 0 Å². The smallest absolute Gasteiger partial charge is 0.338 e. The molecule has 154 valence electrons. The number of methoxy groups -OCH3 is 2. The fourth-order valence-corrected chi connectivity index (χ4v) is 3.82. The zero-order chi connectivity index (χ0) is 21.7. The number of esters is 2. The van der Waals surface area contributed by atoms with Crippen LogP contribution in [0.1, 0.15) is 20.7 Å². The first kappa shape index (κ1) is 22.3. The van der Waals surface area contributed by atoms with Gasteiger partial charge in [0.1, 0.15) is 0 Å². The van der Waals surface area contributed by atoms with Crippen LogP contribution in [0.5, 0.6) is 0 Å². The van der Waals surface area contributed by atoms with Crippen molar-refractivity contribution in [2.24, 2.45) is 0 Å². The summed E-state index contributed by atoms with van der Waals surface area (Å²) in [5.74, 6) is -1.25. The summed E-state index contributed by atoms with van der Waals surface area (Å²) in [4.78, 5) is 24.7. The number of nitrogens with one attached hydrogen (secondary N) is 2. The largest absolute Gasteiger partial charge is 0.465 e. The Morgan fingerprint density at radius 2 is 1.03 bits per heavy atom. The van der Waals surface area contributed by atoms with Crippen LogP contribution >= 0.6 is 45.2 Å². The molecule has 0 atom stereocenters. The van der Waals surface area contributed by atoms with Gasteiger partial charge < -0.3 is 20.1 Å². The van der Waals surface area contributed by atoms with Gasteiger partial charge in [0, 0.05) is 7.14 Å². The van der Waals surface area contributed by atoms with Gasteiger partial charge in [-0.05, 0) is 81.6 Å². The summed E-state index contributed by atoms with van der Waals surface area (Å²) in [6, 6.07) is 18.7. The Balaban J connectivity index is 2.17. The third-order valence-electron chi connectivity index (χ3n) is 4.25. The predicted octanol–water partition coefficient (Wildman–Crippen LogP) is 5.96. The zero-order valence-corrected chi connectivity index (χ0v) is 20.5.